The number of aromatic amines is 1. The van der Waals surface area contributed by atoms with Gasteiger partial charge in [0.25, 0.3) is 0 Å². The molecule has 0 radical (unpaired) electrons. The summed E-state index contributed by atoms with van der Waals surface area (Å²) in [6.45, 7) is 12.3. The number of imidazole rings is 2. The third-order valence-corrected chi connectivity index (χ3v) is 8.73. The van der Waals surface area contributed by atoms with Gasteiger partial charge in [0.15, 0.2) is 11.5 Å². The Kier molecular flexibility index (Phi) is 6.83. The zero-order valence-corrected chi connectivity index (χ0v) is 23.9. The molecule has 2 atom stereocenters. The molecule has 0 unspecified atom stereocenters. The van der Waals surface area contributed by atoms with Crippen LogP contribution < -0.4 is 5.73 Å². The highest BCUT2D eigenvalue weighted by Gasteiger charge is 2.37. The van der Waals surface area contributed by atoms with Gasteiger partial charge in [0.2, 0.25) is 0 Å². The standard InChI is InChI=1S/C30H42N8O/c1-18(2)37(15-22-8-11-26(39-22)38-17-34-27-28(31)32-16-33-29(27)38)21-12-19(13-21)6-10-25-35-23-9-7-20(30(3,4)5)14-24(23)36-25/h7,9,14,16-19,21-22,26H,6,8,10-13,15H2,1-5H3,(H,35,36)(H2,31,32,33)/t19?,21?,22-,26+/m0/s1. The molecule has 3 N–H and O–H groups in total. The monoisotopic (exact) mass is 530 g/mol. The molecule has 0 bridgehead atoms. The van der Waals surface area contributed by atoms with Gasteiger partial charge >= 0.3 is 0 Å². The van der Waals surface area contributed by atoms with E-state index in [4.69, 9.17) is 15.5 Å². The lowest BCUT2D eigenvalue weighted by Crippen LogP contribution is -2.50. The molecule has 1 aliphatic carbocycles. The number of hydrogen-bond donors (Lipinski definition) is 2. The molecular weight excluding hydrogens is 488 g/mol. The molecule has 6 rings (SSSR count). The minimum Gasteiger partial charge on any atom is -0.382 e. The molecule has 4 heterocycles. The van der Waals surface area contributed by atoms with Crippen LogP contribution in [-0.4, -0.2) is 59.1 Å². The first-order valence-electron chi connectivity index (χ1n) is 14.5. The Morgan fingerprint density at radius 3 is 2.74 bits per heavy atom. The lowest BCUT2D eigenvalue weighted by molar-refractivity contribution is -0.0393. The van der Waals surface area contributed by atoms with Gasteiger partial charge in [0.1, 0.15) is 23.9 Å². The van der Waals surface area contributed by atoms with E-state index >= 15 is 0 Å². The van der Waals surface area contributed by atoms with Crippen LogP contribution in [0.1, 0.15) is 84.3 Å². The average Bonchev–Trinajstić information content (AvgIpc) is 3.59. The lowest BCUT2D eigenvalue weighted by Gasteiger charge is -2.46. The van der Waals surface area contributed by atoms with Gasteiger partial charge < -0.3 is 15.5 Å². The van der Waals surface area contributed by atoms with Gasteiger partial charge in [-0.15, -0.1) is 0 Å². The number of aryl methyl sites for hydroxylation is 1. The quantitative estimate of drug-likeness (QED) is 0.315. The minimum atomic E-state index is -0.0549. The number of anilines is 1. The van der Waals surface area contributed by atoms with E-state index in [2.05, 4.69) is 77.7 Å². The van der Waals surface area contributed by atoms with Gasteiger partial charge in [0.05, 0.1) is 23.5 Å². The van der Waals surface area contributed by atoms with Crippen molar-refractivity contribution < 1.29 is 4.74 Å². The molecule has 9 heteroatoms. The Bertz CT molecular complexity index is 1440. The molecule has 2 aliphatic rings. The molecule has 0 amide bonds. The maximum absolute atomic E-state index is 6.51. The fraction of sp³-hybridized carbons (Fsp3) is 0.600. The van der Waals surface area contributed by atoms with E-state index in [0.29, 0.717) is 23.4 Å². The van der Waals surface area contributed by atoms with Crippen LogP contribution in [0.5, 0.6) is 0 Å². The van der Waals surface area contributed by atoms with Crippen molar-refractivity contribution in [3.8, 4) is 0 Å². The SMILES string of the molecule is CC(C)N(C[C@@H]1CC[C@H](n2cnc3c(N)ncnc32)O1)C1CC(CCc2nc3ccc(C(C)(C)C)cc3[nH]2)C1. The normalized spacial score (nSPS) is 23.9. The van der Waals surface area contributed by atoms with Crippen LogP contribution in [0.2, 0.25) is 0 Å². The fourth-order valence-electron chi connectivity index (χ4n) is 6.32. The van der Waals surface area contributed by atoms with Crippen molar-refractivity contribution in [3.05, 3.63) is 42.2 Å². The molecule has 2 fully saturated rings. The van der Waals surface area contributed by atoms with Crippen LogP contribution >= 0.6 is 0 Å². The highest BCUT2D eigenvalue weighted by atomic mass is 16.5. The van der Waals surface area contributed by atoms with Crippen molar-refractivity contribution in [1.82, 2.24) is 34.4 Å². The predicted molar refractivity (Wildman–Crippen MR) is 154 cm³/mol. The number of nitrogens with zero attached hydrogens (tertiary/aromatic N) is 6. The summed E-state index contributed by atoms with van der Waals surface area (Å²) in [5.74, 6) is 2.28. The summed E-state index contributed by atoms with van der Waals surface area (Å²) in [6, 6.07) is 7.75. The number of nitrogen functional groups attached to an aromatic ring is 1. The van der Waals surface area contributed by atoms with E-state index < -0.39 is 0 Å². The predicted octanol–water partition coefficient (Wildman–Crippen LogP) is 5.38. The average molecular weight is 531 g/mol. The molecule has 9 nitrogen and oxygen atoms in total. The molecule has 1 saturated carbocycles. The Morgan fingerprint density at radius 2 is 1.97 bits per heavy atom. The van der Waals surface area contributed by atoms with Crippen LogP contribution in [0.25, 0.3) is 22.2 Å². The van der Waals surface area contributed by atoms with Crippen LogP contribution in [0, 0.1) is 5.92 Å². The number of benzene rings is 1. The molecule has 1 saturated heterocycles. The molecule has 4 aromatic rings. The summed E-state index contributed by atoms with van der Waals surface area (Å²) in [5.41, 5.74) is 11.1. The van der Waals surface area contributed by atoms with Crippen molar-refractivity contribution in [2.24, 2.45) is 5.92 Å². The first-order valence-corrected chi connectivity index (χ1v) is 14.5. The number of hydrogen-bond acceptors (Lipinski definition) is 7. The number of nitrogens with two attached hydrogens (primary N) is 1. The summed E-state index contributed by atoms with van der Waals surface area (Å²) < 4.78 is 8.52. The highest BCUT2D eigenvalue weighted by molar-refractivity contribution is 5.81. The van der Waals surface area contributed by atoms with Crippen molar-refractivity contribution in [1.29, 1.82) is 0 Å². The van der Waals surface area contributed by atoms with E-state index in [9.17, 15) is 0 Å². The maximum Gasteiger partial charge on any atom is 0.167 e. The molecule has 1 aliphatic heterocycles. The summed E-state index contributed by atoms with van der Waals surface area (Å²) in [7, 11) is 0. The topological polar surface area (TPSA) is 111 Å². The molecule has 1 aromatic carbocycles. The van der Waals surface area contributed by atoms with Crippen molar-refractivity contribution in [3.63, 3.8) is 0 Å². The first-order chi connectivity index (χ1) is 18.7. The number of rotatable bonds is 8. The van der Waals surface area contributed by atoms with Gasteiger partial charge in [-0.25, -0.2) is 19.9 Å². The number of H-pyrrole nitrogens is 1. The largest absolute Gasteiger partial charge is 0.382 e. The third-order valence-electron chi connectivity index (χ3n) is 8.73. The van der Waals surface area contributed by atoms with E-state index in [1.54, 1.807) is 6.33 Å². The zero-order chi connectivity index (χ0) is 27.3. The number of nitrogens with one attached hydrogen (secondary N) is 1. The van der Waals surface area contributed by atoms with Crippen molar-refractivity contribution >= 4 is 28.0 Å². The fourth-order valence-corrected chi connectivity index (χ4v) is 6.32. The smallest absolute Gasteiger partial charge is 0.167 e. The summed E-state index contributed by atoms with van der Waals surface area (Å²) in [5, 5.41) is 0. The number of fused-ring (bicyclic) bond motifs is 2. The lowest BCUT2D eigenvalue weighted by atomic mass is 9.76. The van der Waals surface area contributed by atoms with Gasteiger partial charge in [-0.2, -0.15) is 0 Å². The Hall–Kier alpha value is -3.04. The van der Waals surface area contributed by atoms with Crippen LogP contribution in [-0.2, 0) is 16.6 Å². The Morgan fingerprint density at radius 1 is 1.15 bits per heavy atom. The molecule has 208 valence electrons. The van der Waals surface area contributed by atoms with Gasteiger partial charge in [-0.1, -0.05) is 26.8 Å². The maximum atomic E-state index is 6.51. The summed E-state index contributed by atoms with van der Waals surface area (Å²) >= 11 is 0. The third kappa shape index (κ3) is 5.26. The Balaban J connectivity index is 1.01. The molecular formula is C30H42N8O. The van der Waals surface area contributed by atoms with Crippen molar-refractivity contribution in [2.75, 3.05) is 12.3 Å². The Labute approximate surface area is 230 Å². The van der Waals surface area contributed by atoms with Crippen LogP contribution in [0.3, 0.4) is 0 Å². The second kappa shape index (κ2) is 10.2. The van der Waals surface area contributed by atoms with E-state index in [1.807, 2.05) is 4.57 Å². The van der Waals surface area contributed by atoms with Gasteiger partial charge in [-0.3, -0.25) is 9.47 Å². The van der Waals surface area contributed by atoms with E-state index in [1.165, 1.54) is 31.2 Å². The zero-order valence-electron chi connectivity index (χ0n) is 23.9. The summed E-state index contributed by atoms with van der Waals surface area (Å²) in [6.07, 6.45) is 10.1. The number of aromatic nitrogens is 6. The first kappa shape index (κ1) is 26.2. The van der Waals surface area contributed by atoms with E-state index in [0.717, 1.165) is 54.2 Å². The molecule has 3 aromatic heterocycles. The molecule has 39 heavy (non-hydrogen) atoms. The second-order valence-corrected chi connectivity index (χ2v) is 12.9. The van der Waals surface area contributed by atoms with Gasteiger partial charge in [0, 0.05) is 25.0 Å². The van der Waals surface area contributed by atoms with Crippen molar-refractivity contribution in [2.45, 2.75) is 103 Å². The van der Waals surface area contributed by atoms with Gasteiger partial charge in [-0.05, 0) is 75.0 Å². The number of ether oxygens (including phenoxy) is 1. The second-order valence-electron chi connectivity index (χ2n) is 12.9. The highest BCUT2D eigenvalue weighted by Crippen LogP contribution is 2.38. The molecule has 0 spiro atoms. The van der Waals surface area contributed by atoms with E-state index in [-0.39, 0.29) is 17.7 Å². The minimum absolute atomic E-state index is 0.0549. The van der Waals surface area contributed by atoms with Crippen LogP contribution in [0.15, 0.2) is 30.9 Å². The summed E-state index contributed by atoms with van der Waals surface area (Å²) in [4.78, 5) is 24.0. The van der Waals surface area contributed by atoms with Crippen LogP contribution in [0.4, 0.5) is 5.82 Å².